The van der Waals surface area contributed by atoms with Crippen LogP contribution in [0.4, 0.5) is 40.8 Å². The van der Waals surface area contributed by atoms with Gasteiger partial charge in [0.15, 0.2) is 6.10 Å². The number of rotatable bonds is 11. The number of carbonyl (C=O) groups excluding carboxylic acids is 2. The van der Waals surface area contributed by atoms with Gasteiger partial charge in [0.1, 0.15) is 30.5 Å². The maximum absolute atomic E-state index is 13.6. The van der Waals surface area contributed by atoms with Gasteiger partial charge in [-0.1, -0.05) is 12.1 Å². The lowest BCUT2D eigenvalue weighted by atomic mass is 10.0. The number of halogens is 9. The number of hydrogen-bond donors (Lipinski definition) is 1. The van der Waals surface area contributed by atoms with E-state index in [0.29, 0.717) is 67.6 Å². The molecule has 0 spiro atoms. The van der Waals surface area contributed by atoms with Gasteiger partial charge >= 0.3 is 12.4 Å². The largest absolute Gasteiger partial charge is 0.485 e. The number of amides is 2. The van der Waals surface area contributed by atoms with E-state index < -0.39 is 54.4 Å². The lowest BCUT2D eigenvalue weighted by molar-refractivity contribution is -0.143. The first kappa shape index (κ1) is 41.9. The molecule has 0 unspecified atom stereocenters. The monoisotopic (exact) mass is 855 g/mol. The highest BCUT2D eigenvalue weighted by atomic mass is 79.9. The number of nitrogens with one attached hydrogen (secondary N) is 1. The normalized spacial score (nSPS) is 13.8. The third-order valence-electron chi connectivity index (χ3n) is 8.99. The third kappa shape index (κ3) is 9.76. The second kappa shape index (κ2) is 17.3. The van der Waals surface area contributed by atoms with Crippen molar-refractivity contribution in [3.63, 3.8) is 0 Å². The highest BCUT2D eigenvalue weighted by molar-refractivity contribution is 8.93. The Hall–Kier alpha value is -5.23. The Kier molecular flexibility index (Phi) is 12.9. The quantitative estimate of drug-likeness (QED) is 0.134. The summed E-state index contributed by atoms with van der Waals surface area (Å²) < 4.78 is 118. The van der Waals surface area contributed by atoms with Crippen molar-refractivity contribution in [3.8, 4) is 17.4 Å². The van der Waals surface area contributed by atoms with Crippen LogP contribution in [0.5, 0.6) is 17.4 Å². The van der Waals surface area contributed by atoms with Crippen molar-refractivity contribution >= 4 is 45.4 Å². The third-order valence-corrected chi connectivity index (χ3v) is 8.99. The number of ether oxygens (including phenoxy) is 2. The lowest BCUT2D eigenvalue weighted by Gasteiger charge is -2.34. The molecule has 3 heterocycles. The average Bonchev–Trinajstić information content (AvgIpc) is 3.49. The summed E-state index contributed by atoms with van der Waals surface area (Å²) in [5, 5.41) is 2.99. The molecule has 18 heteroatoms. The molecule has 298 valence electrons. The Bertz CT molecular complexity index is 2150. The number of fused-ring (bicyclic) bond motifs is 1. The molecule has 1 aliphatic heterocycles. The zero-order valence-electron chi connectivity index (χ0n) is 29.5. The van der Waals surface area contributed by atoms with E-state index >= 15 is 0 Å². The number of alkyl halides is 8. The summed E-state index contributed by atoms with van der Waals surface area (Å²) >= 11 is 0. The standard InChI is InChI=1S/C38H33F8N5O4.BrH/c1-49-32-18-28(55-34-11-6-26(21-47-34)48-35(52)30-10-5-25(37(41,42)43)17-31(30)38(44,45)46)9-4-24(32)16-33(49)36(53)51-14-12-50(13-15-51)22-23-2-7-27(8-3-23)54-29(19-39)20-40;/h2-11,16-18,21,29H,12-15,19-20,22H2,1H3,(H,48,52);1H. The van der Waals surface area contributed by atoms with Gasteiger partial charge in [-0.15, -0.1) is 17.0 Å². The molecule has 2 amide bonds. The first-order valence-electron chi connectivity index (χ1n) is 16.8. The second-order valence-electron chi connectivity index (χ2n) is 12.8. The van der Waals surface area contributed by atoms with E-state index in [9.17, 15) is 44.7 Å². The van der Waals surface area contributed by atoms with Crippen molar-refractivity contribution in [1.29, 1.82) is 0 Å². The molecule has 1 aliphatic rings. The molecule has 6 rings (SSSR count). The molecular formula is C38H34BrF8N5O4. The SMILES string of the molecule is Br.Cn1c(C(=O)N2CCN(Cc3ccc(OC(CF)CF)cc3)CC2)cc2ccc(Oc3ccc(NC(=O)c4ccc(C(F)(F)F)cc4C(F)(F)F)cn3)cc21. The summed E-state index contributed by atoms with van der Waals surface area (Å²) in [6, 6.07) is 17.4. The molecule has 3 aromatic carbocycles. The van der Waals surface area contributed by atoms with Crippen LogP contribution in [0.2, 0.25) is 0 Å². The maximum atomic E-state index is 13.6. The van der Waals surface area contributed by atoms with Crippen molar-refractivity contribution < 1.29 is 54.2 Å². The molecule has 0 radical (unpaired) electrons. The fourth-order valence-corrected chi connectivity index (χ4v) is 6.06. The van der Waals surface area contributed by atoms with Crippen LogP contribution in [-0.4, -0.2) is 76.8 Å². The lowest BCUT2D eigenvalue weighted by Crippen LogP contribution is -2.48. The molecule has 56 heavy (non-hydrogen) atoms. The molecular weight excluding hydrogens is 822 g/mol. The summed E-state index contributed by atoms with van der Waals surface area (Å²) in [5.74, 6) is -0.610. The topological polar surface area (TPSA) is 88.9 Å². The first-order chi connectivity index (χ1) is 26.1. The van der Waals surface area contributed by atoms with E-state index in [2.05, 4.69) is 15.2 Å². The number of benzene rings is 3. The van der Waals surface area contributed by atoms with Gasteiger partial charge in [0.05, 0.1) is 34.1 Å². The van der Waals surface area contributed by atoms with Crippen LogP contribution >= 0.6 is 17.0 Å². The Morgan fingerprint density at radius 2 is 1.50 bits per heavy atom. The van der Waals surface area contributed by atoms with Gasteiger partial charge in [-0.3, -0.25) is 14.5 Å². The highest BCUT2D eigenvalue weighted by Crippen LogP contribution is 2.38. The van der Waals surface area contributed by atoms with Gasteiger partial charge in [0.2, 0.25) is 5.88 Å². The number of nitrogens with zero attached hydrogens (tertiary/aromatic N) is 4. The Labute approximate surface area is 325 Å². The Balaban J connectivity index is 0.00000600. The minimum absolute atomic E-state index is 0. The molecule has 5 aromatic rings. The van der Waals surface area contributed by atoms with E-state index in [4.69, 9.17) is 9.47 Å². The Morgan fingerprint density at radius 1 is 0.821 bits per heavy atom. The van der Waals surface area contributed by atoms with Gasteiger partial charge in [0, 0.05) is 57.3 Å². The van der Waals surface area contributed by atoms with Gasteiger partial charge in [-0.05, 0) is 60.2 Å². The molecule has 0 saturated carbocycles. The van der Waals surface area contributed by atoms with Crippen LogP contribution in [0.1, 0.15) is 37.5 Å². The number of aryl methyl sites for hydroxylation is 1. The van der Waals surface area contributed by atoms with Gasteiger partial charge in [-0.25, -0.2) is 13.8 Å². The zero-order valence-corrected chi connectivity index (χ0v) is 31.2. The molecule has 0 atom stereocenters. The predicted molar refractivity (Wildman–Crippen MR) is 196 cm³/mol. The maximum Gasteiger partial charge on any atom is 0.417 e. The minimum atomic E-state index is -5.22. The van der Waals surface area contributed by atoms with Gasteiger partial charge in [-0.2, -0.15) is 26.3 Å². The van der Waals surface area contributed by atoms with E-state index in [-0.39, 0.29) is 40.5 Å². The van der Waals surface area contributed by atoms with Gasteiger partial charge in [0.25, 0.3) is 11.8 Å². The summed E-state index contributed by atoms with van der Waals surface area (Å²) in [6.07, 6.45) is -10.3. The van der Waals surface area contributed by atoms with Crippen LogP contribution in [0.25, 0.3) is 10.9 Å². The molecule has 2 aromatic heterocycles. The van der Waals surface area contributed by atoms with Crippen molar-refractivity contribution in [1.82, 2.24) is 19.4 Å². The number of piperazine rings is 1. The van der Waals surface area contributed by atoms with Crippen LogP contribution in [0, 0.1) is 0 Å². The molecule has 1 fully saturated rings. The fraction of sp³-hybridized carbons (Fsp3) is 0.289. The molecule has 1 saturated heterocycles. The van der Waals surface area contributed by atoms with E-state index in [0.717, 1.165) is 17.1 Å². The van der Waals surface area contributed by atoms with Crippen LogP contribution < -0.4 is 14.8 Å². The van der Waals surface area contributed by atoms with Crippen molar-refractivity contribution in [2.45, 2.75) is 25.0 Å². The van der Waals surface area contributed by atoms with Crippen LogP contribution in [-0.2, 0) is 25.9 Å². The number of carbonyl (C=O) groups is 2. The molecule has 1 N–H and O–H groups in total. The fourth-order valence-electron chi connectivity index (χ4n) is 6.06. The van der Waals surface area contributed by atoms with E-state index in [1.165, 1.54) is 12.1 Å². The van der Waals surface area contributed by atoms with Gasteiger partial charge < -0.3 is 24.3 Å². The molecule has 0 aliphatic carbocycles. The minimum Gasteiger partial charge on any atom is -0.485 e. The zero-order chi connectivity index (χ0) is 39.5. The Morgan fingerprint density at radius 3 is 2.11 bits per heavy atom. The molecule has 9 nitrogen and oxygen atoms in total. The predicted octanol–water partition coefficient (Wildman–Crippen LogP) is 8.88. The highest BCUT2D eigenvalue weighted by Gasteiger charge is 2.39. The summed E-state index contributed by atoms with van der Waals surface area (Å²) in [5.41, 5.74) is -2.14. The number of aromatic nitrogens is 2. The summed E-state index contributed by atoms with van der Waals surface area (Å²) in [7, 11) is 1.75. The average molecular weight is 857 g/mol. The van der Waals surface area contributed by atoms with E-state index in [1.807, 2.05) is 12.1 Å². The number of anilines is 1. The number of pyridine rings is 1. The van der Waals surface area contributed by atoms with Crippen LogP contribution in [0.15, 0.2) is 85.1 Å². The smallest absolute Gasteiger partial charge is 0.417 e. The number of hydrogen-bond acceptors (Lipinski definition) is 6. The molecule has 0 bridgehead atoms. The van der Waals surface area contributed by atoms with Crippen molar-refractivity contribution in [2.75, 3.05) is 44.8 Å². The van der Waals surface area contributed by atoms with E-state index in [1.54, 1.807) is 52.9 Å². The second-order valence-corrected chi connectivity index (χ2v) is 12.8. The first-order valence-corrected chi connectivity index (χ1v) is 16.8. The van der Waals surface area contributed by atoms with Crippen molar-refractivity contribution in [2.24, 2.45) is 7.05 Å². The summed E-state index contributed by atoms with van der Waals surface area (Å²) in [6.45, 7) is 1.07. The van der Waals surface area contributed by atoms with Crippen molar-refractivity contribution in [3.05, 3.63) is 113 Å². The van der Waals surface area contributed by atoms with Crippen LogP contribution in [0.3, 0.4) is 0 Å². The summed E-state index contributed by atoms with van der Waals surface area (Å²) in [4.78, 5) is 34.3.